The van der Waals surface area contributed by atoms with Crippen LogP contribution in [0, 0.1) is 5.92 Å². The Bertz CT molecular complexity index is 627. The maximum atomic E-state index is 2.39. The van der Waals surface area contributed by atoms with Gasteiger partial charge in [0.2, 0.25) is 0 Å². The topological polar surface area (TPSA) is 0 Å². The van der Waals surface area contributed by atoms with Crippen LogP contribution in [0.5, 0.6) is 0 Å². The van der Waals surface area contributed by atoms with Crippen LogP contribution < -0.4 is 0 Å². The Morgan fingerprint density at radius 2 is 1.89 bits per heavy atom. The molecule has 0 spiro atoms. The van der Waals surface area contributed by atoms with E-state index in [1.807, 2.05) is 0 Å². The fraction of sp³-hybridized carbons (Fsp3) is 0.263. The van der Waals surface area contributed by atoms with Crippen LogP contribution in [0.2, 0.25) is 0 Å². The van der Waals surface area contributed by atoms with Crippen molar-refractivity contribution in [1.29, 1.82) is 0 Å². The van der Waals surface area contributed by atoms with Crippen molar-refractivity contribution in [2.45, 2.75) is 25.7 Å². The summed E-state index contributed by atoms with van der Waals surface area (Å²) in [5.74, 6) is 0.551. The van der Waals surface area contributed by atoms with Crippen LogP contribution in [0.15, 0.2) is 82.5 Å². The number of hydrogen-bond donors (Lipinski definition) is 0. The molecule has 0 nitrogen and oxygen atoms in total. The zero-order valence-corrected chi connectivity index (χ0v) is 11.1. The van der Waals surface area contributed by atoms with Gasteiger partial charge in [-0.1, -0.05) is 60.3 Å². The van der Waals surface area contributed by atoms with Gasteiger partial charge in [0.1, 0.15) is 0 Å². The second-order valence-electron chi connectivity index (χ2n) is 5.62. The lowest BCUT2D eigenvalue weighted by molar-refractivity contribution is 0.705. The molecule has 0 heteroatoms. The van der Waals surface area contributed by atoms with Crippen LogP contribution in [0.25, 0.3) is 0 Å². The van der Waals surface area contributed by atoms with Gasteiger partial charge in [0, 0.05) is 5.92 Å². The normalized spacial score (nSPS) is 35.6. The van der Waals surface area contributed by atoms with Gasteiger partial charge in [-0.3, -0.25) is 0 Å². The number of allylic oxidation sites excluding steroid dienone is 14. The highest BCUT2D eigenvalue weighted by Gasteiger charge is 2.34. The van der Waals surface area contributed by atoms with E-state index in [0.717, 1.165) is 0 Å². The molecule has 0 aliphatic heterocycles. The molecule has 4 aliphatic carbocycles. The molecular weight excluding hydrogens is 228 g/mol. The van der Waals surface area contributed by atoms with Crippen molar-refractivity contribution in [3.63, 3.8) is 0 Å². The molecule has 0 aromatic heterocycles. The van der Waals surface area contributed by atoms with Crippen LogP contribution >= 0.6 is 0 Å². The van der Waals surface area contributed by atoms with Crippen LogP contribution in [0.4, 0.5) is 0 Å². The van der Waals surface area contributed by atoms with Crippen molar-refractivity contribution in [1.82, 2.24) is 0 Å². The van der Waals surface area contributed by atoms with Crippen LogP contribution in [-0.2, 0) is 0 Å². The molecule has 0 heterocycles. The molecule has 0 saturated heterocycles. The van der Waals surface area contributed by atoms with Crippen molar-refractivity contribution in [3.8, 4) is 0 Å². The standard InChI is InChI=1S/C19H18/c1-2-6-10-16-15(9-5-1)17-11-7-3-4-8-14-12-13-18(16)19(14)17/h3-5,7-9,11-13,18H,1-2,6,10H2/b4-3-,7-3?,8-4?,9-5-,11-7-,14-8-,17-11?. The Morgan fingerprint density at radius 1 is 0.895 bits per heavy atom. The minimum Gasteiger partial charge on any atom is -0.0839 e. The highest BCUT2D eigenvalue weighted by Crippen LogP contribution is 2.49. The third kappa shape index (κ3) is 1.67. The summed E-state index contributed by atoms with van der Waals surface area (Å²) in [6.45, 7) is 0. The van der Waals surface area contributed by atoms with Crippen LogP contribution in [0.3, 0.4) is 0 Å². The zero-order chi connectivity index (χ0) is 12.7. The van der Waals surface area contributed by atoms with Gasteiger partial charge in [-0.2, -0.15) is 0 Å². The second kappa shape index (κ2) is 4.38. The molecule has 0 radical (unpaired) electrons. The molecule has 4 rings (SSSR count). The lowest BCUT2D eigenvalue weighted by Gasteiger charge is -2.13. The molecule has 0 aromatic carbocycles. The summed E-state index contributed by atoms with van der Waals surface area (Å²) in [6.07, 6.45) is 25.6. The summed E-state index contributed by atoms with van der Waals surface area (Å²) in [5.41, 5.74) is 7.55. The largest absolute Gasteiger partial charge is 0.0839 e. The molecular formula is C19H18. The first-order valence-corrected chi connectivity index (χ1v) is 7.33. The van der Waals surface area contributed by atoms with E-state index in [9.17, 15) is 0 Å². The summed E-state index contributed by atoms with van der Waals surface area (Å²) in [4.78, 5) is 0. The number of rotatable bonds is 0. The van der Waals surface area contributed by atoms with Crippen molar-refractivity contribution in [2.75, 3.05) is 0 Å². The predicted octanol–water partition coefficient (Wildman–Crippen LogP) is 4.96. The Hall–Kier alpha value is -1.82. The average Bonchev–Trinajstić information content (AvgIpc) is 2.84. The van der Waals surface area contributed by atoms with Crippen molar-refractivity contribution in [2.24, 2.45) is 5.92 Å². The Balaban J connectivity index is 1.90. The Labute approximate surface area is 114 Å². The van der Waals surface area contributed by atoms with Gasteiger partial charge < -0.3 is 0 Å². The van der Waals surface area contributed by atoms with E-state index in [0.29, 0.717) is 5.92 Å². The molecule has 1 unspecified atom stereocenters. The van der Waals surface area contributed by atoms with E-state index in [2.05, 4.69) is 54.7 Å². The van der Waals surface area contributed by atoms with Crippen molar-refractivity contribution in [3.05, 3.63) is 82.5 Å². The molecule has 0 saturated carbocycles. The molecule has 0 fully saturated rings. The van der Waals surface area contributed by atoms with Crippen molar-refractivity contribution < 1.29 is 0 Å². The average molecular weight is 246 g/mol. The molecule has 94 valence electrons. The van der Waals surface area contributed by atoms with E-state index in [-0.39, 0.29) is 0 Å². The van der Waals surface area contributed by atoms with E-state index in [1.165, 1.54) is 48.0 Å². The summed E-state index contributed by atoms with van der Waals surface area (Å²) in [5, 5.41) is 0. The fourth-order valence-corrected chi connectivity index (χ4v) is 3.63. The van der Waals surface area contributed by atoms with Gasteiger partial charge in [0.05, 0.1) is 0 Å². The zero-order valence-electron chi connectivity index (χ0n) is 11.1. The SMILES string of the molecule is C1=CC2C3=C(/C=C\CCCC3)C3=C2C\1=C/C=C\C=C/3. The number of fused-ring (bicyclic) bond motifs is 2. The Morgan fingerprint density at radius 3 is 2.89 bits per heavy atom. The molecule has 0 aromatic rings. The summed E-state index contributed by atoms with van der Waals surface area (Å²) in [6, 6.07) is 0. The van der Waals surface area contributed by atoms with Gasteiger partial charge in [-0.25, -0.2) is 0 Å². The monoisotopic (exact) mass is 246 g/mol. The van der Waals surface area contributed by atoms with E-state index in [1.54, 1.807) is 5.57 Å². The Kier molecular flexibility index (Phi) is 2.55. The fourth-order valence-electron chi connectivity index (χ4n) is 3.63. The van der Waals surface area contributed by atoms with E-state index >= 15 is 0 Å². The van der Waals surface area contributed by atoms with Gasteiger partial charge in [-0.05, 0) is 48.0 Å². The van der Waals surface area contributed by atoms with E-state index < -0.39 is 0 Å². The number of hydrogen-bond acceptors (Lipinski definition) is 0. The third-order valence-corrected chi connectivity index (χ3v) is 4.50. The van der Waals surface area contributed by atoms with E-state index in [4.69, 9.17) is 0 Å². The summed E-state index contributed by atoms with van der Waals surface area (Å²) >= 11 is 0. The molecule has 0 bridgehead atoms. The maximum absolute atomic E-state index is 2.39. The minimum absolute atomic E-state index is 0.551. The molecule has 0 N–H and O–H groups in total. The first-order valence-electron chi connectivity index (χ1n) is 7.33. The maximum Gasteiger partial charge on any atom is 0.0252 e. The molecule has 4 aliphatic rings. The second-order valence-corrected chi connectivity index (χ2v) is 5.62. The van der Waals surface area contributed by atoms with Gasteiger partial charge in [0.15, 0.2) is 0 Å². The first-order chi connectivity index (χ1) is 9.45. The summed E-state index contributed by atoms with van der Waals surface area (Å²) in [7, 11) is 0. The van der Waals surface area contributed by atoms with Gasteiger partial charge in [-0.15, -0.1) is 0 Å². The first kappa shape index (κ1) is 11.0. The molecule has 1 atom stereocenters. The molecule has 0 amide bonds. The smallest absolute Gasteiger partial charge is 0.0252 e. The summed E-state index contributed by atoms with van der Waals surface area (Å²) < 4.78 is 0. The molecule has 19 heavy (non-hydrogen) atoms. The van der Waals surface area contributed by atoms with Crippen LogP contribution in [-0.4, -0.2) is 0 Å². The van der Waals surface area contributed by atoms with Gasteiger partial charge >= 0.3 is 0 Å². The van der Waals surface area contributed by atoms with Crippen LogP contribution in [0.1, 0.15) is 25.7 Å². The van der Waals surface area contributed by atoms with Gasteiger partial charge in [0.25, 0.3) is 0 Å². The lowest BCUT2D eigenvalue weighted by atomic mass is 9.91. The minimum atomic E-state index is 0.551. The highest BCUT2D eigenvalue weighted by atomic mass is 14.4. The third-order valence-electron chi connectivity index (χ3n) is 4.50. The quantitative estimate of drug-likeness (QED) is 0.566. The van der Waals surface area contributed by atoms with Crippen molar-refractivity contribution >= 4 is 0 Å². The predicted molar refractivity (Wildman–Crippen MR) is 80.7 cm³/mol. The lowest BCUT2D eigenvalue weighted by Crippen LogP contribution is -1.99. The highest BCUT2D eigenvalue weighted by molar-refractivity contribution is 5.71.